The van der Waals surface area contributed by atoms with E-state index in [1.165, 1.54) is 24.8 Å². The molecule has 25 heavy (non-hydrogen) atoms. The first kappa shape index (κ1) is 17.9. The number of hydrogen-bond donors (Lipinski definition) is 2. The lowest BCUT2D eigenvalue weighted by molar-refractivity contribution is -0.136. The molecule has 136 valence electrons. The zero-order chi connectivity index (χ0) is 18.0. The molecule has 3 rings (SSSR count). The Morgan fingerprint density at radius 2 is 1.92 bits per heavy atom. The van der Waals surface area contributed by atoms with Gasteiger partial charge in [0.25, 0.3) is 0 Å². The lowest BCUT2D eigenvalue weighted by Crippen LogP contribution is -2.51. The summed E-state index contributed by atoms with van der Waals surface area (Å²) in [4.78, 5) is 26.5. The van der Waals surface area contributed by atoms with Crippen LogP contribution in [-0.4, -0.2) is 41.9 Å². The smallest absolute Gasteiger partial charge is 0.242 e. The van der Waals surface area contributed by atoms with Gasteiger partial charge in [-0.15, -0.1) is 0 Å². The Balaban J connectivity index is 1.76. The molecule has 5 atom stereocenters. The molecule has 2 aliphatic carbocycles. The zero-order valence-electron chi connectivity index (χ0n) is 15.2. The van der Waals surface area contributed by atoms with Gasteiger partial charge in [0.15, 0.2) is 0 Å². The Hall–Kier alpha value is -1.88. The summed E-state index contributed by atoms with van der Waals surface area (Å²) < 4.78 is 0. The number of carbonyl (C=O) groups excluding carboxylic acids is 2. The monoisotopic (exact) mass is 343 g/mol. The molecular weight excluding hydrogens is 314 g/mol. The van der Waals surface area contributed by atoms with Gasteiger partial charge >= 0.3 is 0 Å². The maximum atomic E-state index is 12.8. The number of nitrogens with two attached hydrogens (primary N) is 1. The van der Waals surface area contributed by atoms with Crippen molar-refractivity contribution in [3.05, 3.63) is 35.9 Å². The average Bonchev–Trinajstić information content (AvgIpc) is 3.22. The van der Waals surface area contributed by atoms with Crippen LogP contribution in [-0.2, 0) is 9.59 Å². The minimum absolute atomic E-state index is 0.00465. The summed E-state index contributed by atoms with van der Waals surface area (Å²) >= 11 is 0. The van der Waals surface area contributed by atoms with Crippen molar-refractivity contribution in [1.29, 1.82) is 0 Å². The Morgan fingerprint density at radius 3 is 2.56 bits per heavy atom. The summed E-state index contributed by atoms with van der Waals surface area (Å²) in [6.45, 7) is 4.35. The molecule has 0 spiro atoms. The highest BCUT2D eigenvalue weighted by molar-refractivity contribution is 5.87. The summed E-state index contributed by atoms with van der Waals surface area (Å²) in [5.74, 6) is 1.36. The maximum Gasteiger partial charge on any atom is 0.242 e. The molecular formula is C20H29N3O2. The van der Waals surface area contributed by atoms with E-state index in [-0.39, 0.29) is 24.4 Å². The lowest BCUT2D eigenvalue weighted by atomic mass is 9.79. The first-order valence-electron chi connectivity index (χ1n) is 9.40. The van der Waals surface area contributed by atoms with Gasteiger partial charge in [0.2, 0.25) is 11.8 Å². The fourth-order valence-corrected chi connectivity index (χ4v) is 4.83. The van der Waals surface area contributed by atoms with Crippen LogP contribution < -0.4 is 11.1 Å². The molecule has 3 N–H and O–H groups in total. The van der Waals surface area contributed by atoms with Crippen LogP contribution in [0.2, 0.25) is 0 Å². The molecule has 0 radical (unpaired) electrons. The van der Waals surface area contributed by atoms with Crippen LogP contribution in [0.15, 0.2) is 30.3 Å². The van der Waals surface area contributed by atoms with E-state index >= 15 is 0 Å². The summed E-state index contributed by atoms with van der Waals surface area (Å²) in [7, 11) is 0. The van der Waals surface area contributed by atoms with Crippen LogP contribution in [0.4, 0.5) is 0 Å². The molecule has 5 heteroatoms. The fraction of sp³-hybridized carbons (Fsp3) is 0.600. The van der Waals surface area contributed by atoms with Crippen molar-refractivity contribution in [1.82, 2.24) is 10.2 Å². The van der Waals surface area contributed by atoms with E-state index in [1.54, 1.807) is 6.92 Å². The molecule has 1 aromatic carbocycles. The van der Waals surface area contributed by atoms with Crippen LogP contribution in [0.1, 0.15) is 44.6 Å². The molecule has 2 saturated carbocycles. The standard InChI is InChI=1S/C20H29N3O2/c1-3-23(17(24)12-22-20(25)13(2)21)19-16-10-9-15(11-16)18(19)14-7-5-4-6-8-14/h4-8,13,15-16,18-19H,3,9-12,21H2,1-2H3,(H,22,25)/t13-,15?,16?,18?,19?/m0/s1. The predicted octanol–water partition coefficient (Wildman–Crippen LogP) is 1.88. The molecule has 2 fully saturated rings. The second kappa shape index (κ2) is 7.56. The third-order valence-electron chi connectivity index (χ3n) is 5.91. The molecule has 5 nitrogen and oxygen atoms in total. The average molecular weight is 343 g/mol. The van der Waals surface area contributed by atoms with E-state index < -0.39 is 6.04 Å². The quantitative estimate of drug-likeness (QED) is 0.828. The number of likely N-dealkylation sites (N-methyl/N-ethyl adjacent to an activating group) is 1. The summed E-state index contributed by atoms with van der Waals surface area (Å²) in [6, 6.07) is 10.2. The summed E-state index contributed by atoms with van der Waals surface area (Å²) in [5, 5.41) is 2.66. The van der Waals surface area contributed by atoms with E-state index in [9.17, 15) is 9.59 Å². The number of rotatable bonds is 6. The van der Waals surface area contributed by atoms with Crippen LogP contribution in [0.3, 0.4) is 0 Å². The molecule has 2 bridgehead atoms. The highest BCUT2D eigenvalue weighted by atomic mass is 16.2. The Morgan fingerprint density at radius 1 is 1.24 bits per heavy atom. The fourth-order valence-electron chi connectivity index (χ4n) is 4.83. The van der Waals surface area contributed by atoms with Gasteiger partial charge < -0.3 is 16.0 Å². The number of benzene rings is 1. The van der Waals surface area contributed by atoms with Crippen LogP contribution in [0, 0.1) is 11.8 Å². The molecule has 1 aromatic rings. The van der Waals surface area contributed by atoms with E-state index in [2.05, 4.69) is 29.6 Å². The Kier molecular flexibility index (Phi) is 5.42. The minimum Gasteiger partial charge on any atom is -0.346 e. The highest BCUT2D eigenvalue weighted by Crippen LogP contribution is 2.54. The first-order valence-corrected chi connectivity index (χ1v) is 9.40. The first-order chi connectivity index (χ1) is 12.0. The number of hydrogen-bond acceptors (Lipinski definition) is 3. The normalized spacial score (nSPS) is 28.6. The molecule has 0 heterocycles. The van der Waals surface area contributed by atoms with Gasteiger partial charge in [0.05, 0.1) is 12.6 Å². The number of nitrogens with one attached hydrogen (secondary N) is 1. The van der Waals surface area contributed by atoms with Crippen molar-refractivity contribution >= 4 is 11.8 Å². The molecule has 2 aliphatic rings. The van der Waals surface area contributed by atoms with Crippen LogP contribution >= 0.6 is 0 Å². The molecule has 0 aromatic heterocycles. The number of nitrogens with zero attached hydrogens (tertiary/aromatic N) is 1. The zero-order valence-corrected chi connectivity index (χ0v) is 15.2. The molecule has 2 amide bonds. The van der Waals surface area contributed by atoms with Gasteiger partial charge in [-0.05, 0) is 50.5 Å². The van der Waals surface area contributed by atoms with E-state index in [4.69, 9.17) is 5.73 Å². The topological polar surface area (TPSA) is 75.4 Å². The predicted molar refractivity (Wildman–Crippen MR) is 97.8 cm³/mol. The van der Waals surface area contributed by atoms with Gasteiger partial charge in [0, 0.05) is 18.5 Å². The lowest BCUT2D eigenvalue weighted by Gasteiger charge is -2.40. The second-order valence-electron chi connectivity index (χ2n) is 7.45. The van der Waals surface area contributed by atoms with E-state index in [1.807, 2.05) is 17.9 Å². The molecule has 0 saturated heterocycles. The molecule has 4 unspecified atom stereocenters. The Bertz CT molecular complexity index is 617. The minimum atomic E-state index is -0.595. The van der Waals surface area contributed by atoms with Crippen molar-refractivity contribution in [3.8, 4) is 0 Å². The van der Waals surface area contributed by atoms with Gasteiger partial charge in [0.1, 0.15) is 0 Å². The van der Waals surface area contributed by atoms with Gasteiger partial charge in [-0.3, -0.25) is 9.59 Å². The van der Waals surface area contributed by atoms with E-state index in [0.29, 0.717) is 24.3 Å². The number of amides is 2. The van der Waals surface area contributed by atoms with Gasteiger partial charge in [-0.25, -0.2) is 0 Å². The third kappa shape index (κ3) is 3.56. The largest absolute Gasteiger partial charge is 0.346 e. The van der Waals surface area contributed by atoms with Crippen molar-refractivity contribution in [2.75, 3.05) is 13.1 Å². The van der Waals surface area contributed by atoms with Gasteiger partial charge in [-0.2, -0.15) is 0 Å². The van der Waals surface area contributed by atoms with Gasteiger partial charge in [-0.1, -0.05) is 30.3 Å². The maximum absolute atomic E-state index is 12.8. The van der Waals surface area contributed by atoms with Crippen molar-refractivity contribution < 1.29 is 9.59 Å². The van der Waals surface area contributed by atoms with Crippen molar-refractivity contribution in [2.45, 2.75) is 51.1 Å². The second-order valence-corrected chi connectivity index (χ2v) is 7.45. The van der Waals surface area contributed by atoms with Crippen molar-refractivity contribution in [3.63, 3.8) is 0 Å². The third-order valence-corrected chi connectivity index (χ3v) is 5.91. The number of carbonyl (C=O) groups is 2. The molecule has 0 aliphatic heterocycles. The van der Waals surface area contributed by atoms with Crippen molar-refractivity contribution in [2.24, 2.45) is 17.6 Å². The highest BCUT2D eigenvalue weighted by Gasteiger charge is 2.51. The SMILES string of the molecule is CCN(C(=O)CNC(=O)[C@H](C)N)C1C2CCC(C2)C1c1ccccc1. The summed E-state index contributed by atoms with van der Waals surface area (Å²) in [6.07, 6.45) is 3.67. The van der Waals surface area contributed by atoms with Crippen LogP contribution in [0.25, 0.3) is 0 Å². The van der Waals surface area contributed by atoms with Crippen LogP contribution in [0.5, 0.6) is 0 Å². The summed E-state index contributed by atoms with van der Waals surface area (Å²) in [5.41, 5.74) is 6.90. The number of fused-ring (bicyclic) bond motifs is 2. The van der Waals surface area contributed by atoms with E-state index in [0.717, 1.165) is 0 Å². The Labute approximate surface area is 150 Å².